The molecule has 0 radical (unpaired) electrons. The average Bonchev–Trinajstić information content (AvgIpc) is 2.60. The van der Waals surface area contributed by atoms with Gasteiger partial charge in [0, 0.05) is 5.69 Å². The predicted molar refractivity (Wildman–Crippen MR) is 102 cm³/mol. The van der Waals surface area contributed by atoms with E-state index in [-0.39, 0.29) is 18.5 Å². The lowest BCUT2D eigenvalue weighted by molar-refractivity contribution is -0.118. The summed E-state index contributed by atoms with van der Waals surface area (Å²) >= 11 is 0. The van der Waals surface area contributed by atoms with Crippen molar-refractivity contribution in [3.63, 3.8) is 0 Å². The SMILES string of the molecule is CCCCOC(=O)c1ccc(NC(=O)COc2cc(C)cc(C)c2)cc1. The molecule has 2 rings (SSSR count). The number of carbonyl (C=O) groups is 2. The molecule has 1 amide bonds. The fourth-order valence-electron chi connectivity index (χ4n) is 2.44. The van der Waals surface area contributed by atoms with Crippen molar-refractivity contribution in [2.24, 2.45) is 0 Å². The lowest BCUT2D eigenvalue weighted by Crippen LogP contribution is -2.20. The van der Waals surface area contributed by atoms with E-state index in [1.54, 1.807) is 24.3 Å². The molecule has 1 N–H and O–H groups in total. The second kappa shape index (κ2) is 9.61. The first kappa shape index (κ1) is 19.5. The van der Waals surface area contributed by atoms with Crippen LogP contribution in [0, 0.1) is 13.8 Å². The van der Waals surface area contributed by atoms with Crippen molar-refractivity contribution in [2.45, 2.75) is 33.6 Å². The Bertz CT molecular complexity index is 733. The molecule has 0 unspecified atom stereocenters. The summed E-state index contributed by atoms with van der Waals surface area (Å²) in [4.78, 5) is 23.9. The summed E-state index contributed by atoms with van der Waals surface area (Å²) in [7, 11) is 0. The Labute approximate surface area is 154 Å². The van der Waals surface area contributed by atoms with Crippen molar-refractivity contribution in [2.75, 3.05) is 18.5 Å². The number of rotatable bonds is 8. The summed E-state index contributed by atoms with van der Waals surface area (Å²) in [6.45, 7) is 6.34. The molecule has 0 aliphatic carbocycles. The molecule has 0 saturated carbocycles. The van der Waals surface area contributed by atoms with Gasteiger partial charge in [-0.15, -0.1) is 0 Å². The maximum absolute atomic E-state index is 12.0. The fraction of sp³-hybridized carbons (Fsp3) is 0.333. The van der Waals surface area contributed by atoms with Crippen LogP contribution in [-0.2, 0) is 9.53 Å². The van der Waals surface area contributed by atoms with Crippen molar-refractivity contribution in [1.29, 1.82) is 0 Å². The van der Waals surface area contributed by atoms with E-state index in [4.69, 9.17) is 9.47 Å². The number of hydrogen-bond donors (Lipinski definition) is 1. The van der Waals surface area contributed by atoms with E-state index >= 15 is 0 Å². The zero-order chi connectivity index (χ0) is 18.9. The van der Waals surface area contributed by atoms with Crippen molar-refractivity contribution >= 4 is 17.6 Å². The van der Waals surface area contributed by atoms with E-state index in [0.717, 1.165) is 24.0 Å². The normalized spacial score (nSPS) is 10.3. The highest BCUT2D eigenvalue weighted by Crippen LogP contribution is 2.16. The maximum atomic E-state index is 12.0. The van der Waals surface area contributed by atoms with Crippen LogP contribution >= 0.6 is 0 Å². The second-order valence-corrected chi connectivity index (χ2v) is 6.23. The quantitative estimate of drug-likeness (QED) is 0.567. The molecule has 0 spiro atoms. The molecule has 26 heavy (non-hydrogen) atoms. The second-order valence-electron chi connectivity index (χ2n) is 6.23. The van der Waals surface area contributed by atoms with Crippen LogP contribution in [0.2, 0.25) is 0 Å². The van der Waals surface area contributed by atoms with Gasteiger partial charge >= 0.3 is 5.97 Å². The van der Waals surface area contributed by atoms with Crippen molar-refractivity contribution in [3.05, 3.63) is 59.2 Å². The molecule has 0 aliphatic heterocycles. The van der Waals surface area contributed by atoms with Crippen molar-refractivity contribution in [1.82, 2.24) is 0 Å². The summed E-state index contributed by atoms with van der Waals surface area (Å²) in [5, 5.41) is 2.74. The Hall–Kier alpha value is -2.82. The van der Waals surface area contributed by atoms with Crippen LogP contribution in [0.25, 0.3) is 0 Å². The van der Waals surface area contributed by atoms with Gasteiger partial charge in [-0.2, -0.15) is 0 Å². The van der Waals surface area contributed by atoms with Gasteiger partial charge in [0.05, 0.1) is 12.2 Å². The lowest BCUT2D eigenvalue weighted by atomic mass is 10.1. The van der Waals surface area contributed by atoms with Gasteiger partial charge in [-0.25, -0.2) is 4.79 Å². The topological polar surface area (TPSA) is 64.6 Å². The Morgan fingerprint density at radius 2 is 1.65 bits per heavy atom. The highest BCUT2D eigenvalue weighted by atomic mass is 16.5. The molecular weight excluding hydrogens is 330 g/mol. The third-order valence-corrected chi connectivity index (χ3v) is 3.70. The minimum Gasteiger partial charge on any atom is -0.484 e. The minimum absolute atomic E-state index is 0.0797. The summed E-state index contributed by atoms with van der Waals surface area (Å²) in [6, 6.07) is 12.4. The Morgan fingerprint density at radius 3 is 2.27 bits per heavy atom. The Kier molecular flexibility index (Phi) is 7.21. The Morgan fingerprint density at radius 1 is 1.00 bits per heavy atom. The zero-order valence-corrected chi connectivity index (χ0v) is 15.5. The van der Waals surface area contributed by atoms with Gasteiger partial charge in [0.25, 0.3) is 5.91 Å². The molecule has 0 aliphatic rings. The summed E-state index contributed by atoms with van der Waals surface area (Å²) in [6.07, 6.45) is 1.82. The van der Waals surface area contributed by atoms with Crippen LogP contribution in [0.3, 0.4) is 0 Å². The first-order chi connectivity index (χ1) is 12.5. The van der Waals surface area contributed by atoms with Gasteiger partial charge < -0.3 is 14.8 Å². The van der Waals surface area contributed by atoms with Crippen LogP contribution < -0.4 is 10.1 Å². The van der Waals surface area contributed by atoms with Crippen LogP contribution in [-0.4, -0.2) is 25.1 Å². The number of hydrogen-bond acceptors (Lipinski definition) is 4. The number of unbranched alkanes of at least 4 members (excludes halogenated alkanes) is 1. The number of benzene rings is 2. The van der Waals surface area contributed by atoms with Gasteiger partial charge in [-0.3, -0.25) is 4.79 Å². The molecule has 0 aromatic heterocycles. The number of esters is 1. The molecule has 0 heterocycles. The molecule has 5 heteroatoms. The van der Waals surface area contributed by atoms with E-state index in [9.17, 15) is 9.59 Å². The van der Waals surface area contributed by atoms with E-state index < -0.39 is 0 Å². The van der Waals surface area contributed by atoms with E-state index in [0.29, 0.717) is 23.6 Å². The van der Waals surface area contributed by atoms with Crippen LogP contribution in [0.4, 0.5) is 5.69 Å². The van der Waals surface area contributed by atoms with Gasteiger partial charge in [-0.05, 0) is 67.8 Å². The first-order valence-electron chi connectivity index (χ1n) is 8.76. The van der Waals surface area contributed by atoms with Gasteiger partial charge in [0.1, 0.15) is 5.75 Å². The largest absolute Gasteiger partial charge is 0.484 e. The molecule has 0 bridgehead atoms. The molecule has 0 fully saturated rings. The number of amides is 1. The van der Waals surface area contributed by atoms with Gasteiger partial charge in [0.2, 0.25) is 0 Å². The van der Waals surface area contributed by atoms with Gasteiger partial charge in [-0.1, -0.05) is 19.4 Å². The predicted octanol–water partition coefficient (Wildman–Crippen LogP) is 4.28. The van der Waals surface area contributed by atoms with Crippen molar-refractivity contribution < 1.29 is 19.1 Å². The molecule has 0 atom stereocenters. The van der Waals surface area contributed by atoms with Crippen LogP contribution in [0.5, 0.6) is 5.75 Å². The summed E-state index contributed by atoms with van der Waals surface area (Å²) in [5.74, 6) is 0.0553. The minimum atomic E-state index is -0.352. The first-order valence-corrected chi connectivity index (χ1v) is 8.76. The molecule has 2 aromatic carbocycles. The molecule has 0 saturated heterocycles. The fourth-order valence-corrected chi connectivity index (χ4v) is 2.44. The highest BCUT2D eigenvalue weighted by Gasteiger charge is 2.08. The zero-order valence-electron chi connectivity index (χ0n) is 15.5. The summed E-state index contributed by atoms with van der Waals surface area (Å²) in [5.41, 5.74) is 3.23. The number of carbonyl (C=O) groups excluding carboxylic acids is 2. The maximum Gasteiger partial charge on any atom is 0.338 e. The van der Waals surface area contributed by atoms with E-state index in [1.165, 1.54) is 0 Å². The molecule has 5 nitrogen and oxygen atoms in total. The average molecular weight is 355 g/mol. The standard InChI is InChI=1S/C21H25NO4/c1-4-5-10-25-21(24)17-6-8-18(9-7-17)22-20(23)14-26-19-12-15(2)11-16(3)13-19/h6-9,11-13H,4-5,10,14H2,1-3H3,(H,22,23). The van der Waals surface area contributed by atoms with E-state index in [2.05, 4.69) is 5.32 Å². The smallest absolute Gasteiger partial charge is 0.338 e. The van der Waals surface area contributed by atoms with E-state index in [1.807, 2.05) is 39.0 Å². The van der Waals surface area contributed by atoms with Crippen LogP contribution in [0.1, 0.15) is 41.3 Å². The number of anilines is 1. The third kappa shape index (κ3) is 6.24. The Balaban J connectivity index is 1.84. The third-order valence-electron chi connectivity index (χ3n) is 3.70. The number of aryl methyl sites for hydroxylation is 2. The molecular formula is C21H25NO4. The monoisotopic (exact) mass is 355 g/mol. The number of ether oxygens (including phenoxy) is 2. The number of nitrogens with one attached hydrogen (secondary N) is 1. The highest BCUT2D eigenvalue weighted by molar-refractivity contribution is 5.93. The lowest BCUT2D eigenvalue weighted by Gasteiger charge is -2.09. The van der Waals surface area contributed by atoms with Crippen LogP contribution in [0.15, 0.2) is 42.5 Å². The van der Waals surface area contributed by atoms with Gasteiger partial charge in [0.15, 0.2) is 6.61 Å². The molecule has 2 aromatic rings. The molecule has 138 valence electrons. The summed E-state index contributed by atoms with van der Waals surface area (Å²) < 4.78 is 10.7. The van der Waals surface area contributed by atoms with Crippen molar-refractivity contribution in [3.8, 4) is 5.75 Å².